The number of anilines is 1. The van der Waals surface area contributed by atoms with Crippen LogP contribution >= 0.6 is 23.2 Å². The highest BCUT2D eigenvalue weighted by molar-refractivity contribution is 6.42. The molecular weight excluding hydrogens is 309 g/mol. The summed E-state index contributed by atoms with van der Waals surface area (Å²) < 4.78 is 7.13. The maximum absolute atomic E-state index is 6.09. The molecule has 0 atom stereocenters. The number of nitrogens with two attached hydrogens (primary N) is 1. The van der Waals surface area contributed by atoms with Crippen LogP contribution in [-0.4, -0.2) is 16.7 Å². The van der Waals surface area contributed by atoms with Gasteiger partial charge in [0.2, 0.25) is 5.95 Å². The molecule has 0 aliphatic heterocycles. The standard InChI is InChI=1S/C15H13Cl2N3O/c1-21-10-4-2-3-9(5-10)8-20-14-7-12(17)11(16)6-13(14)19-15(20)18/h2-7H,8H2,1H3,(H2,18,19). The summed E-state index contributed by atoms with van der Waals surface area (Å²) >= 11 is 12.1. The Balaban J connectivity index is 2.07. The van der Waals surface area contributed by atoms with Gasteiger partial charge in [0, 0.05) is 0 Å². The summed E-state index contributed by atoms with van der Waals surface area (Å²) in [4.78, 5) is 4.32. The number of fused-ring (bicyclic) bond motifs is 1. The molecule has 0 aliphatic carbocycles. The van der Waals surface area contributed by atoms with Crippen LogP contribution in [0.1, 0.15) is 5.56 Å². The van der Waals surface area contributed by atoms with E-state index in [1.807, 2.05) is 28.8 Å². The molecule has 6 heteroatoms. The third-order valence-electron chi connectivity index (χ3n) is 3.29. The van der Waals surface area contributed by atoms with E-state index in [1.54, 1.807) is 19.2 Å². The second-order valence-electron chi connectivity index (χ2n) is 4.66. The van der Waals surface area contributed by atoms with Crippen molar-refractivity contribution in [3.05, 3.63) is 52.0 Å². The van der Waals surface area contributed by atoms with Crippen molar-refractivity contribution in [2.75, 3.05) is 12.8 Å². The van der Waals surface area contributed by atoms with E-state index in [-0.39, 0.29) is 0 Å². The number of hydrogen-bond acceptors (Lipinski definition) is 3. The number of hydrogen-bond donors (Lipinski definition) is 1. The van der Waals surface area contributed by atoms with E-state index in [1.165, 1.54) is 0 Å². The normalized spacial score (nSPS) is 11.0. The Labute approximate surface area is 132 Å². The van der Waals surface area contributed by atoms with E-state index >= 15 is 0 Å². The molecule has 2 N–H and O–H groups in total. The third-order valence-corrected chi connectivity index (χ3v) is 4.02. The largest absolute Gasteiger partial charge is 0.497 e. The Morgan fingerprint density at radius 2 is 1.95 bits per heavy atom. The predicted molar refractivity (Wildman–Crippen MR) is 86.3 cm³/mol. The molecule has 0 fully saturated rings. The van der Waals surface area contributed by atoms with Crippen LogP contribution in [0.5, 0.6) is 5.75 Å². The molecule has 1 aromatic heterocycles. The molecular formula is C15H13Cl2N3O. The van der Waals surface area contributed by atoms with E-state index in [0.29, 0.717) is 22.5 Å². The number of nitrogen functional groups attached to an aromatic ring is 1. The van der Waals surface area contributed by atoms with Crippen molar-refractivity contribution in [2.24, 2.45) is 0 Å². The smallest absolute Gasteiger partial charge is 0.201 e. The number of aromatic nitrogens is 2. The molecule has 0 radical (unpaired) electrons. The number of methoxy groups -OCH3 is 1. The first-order chi connectivity index (χ1) is 10.1. The van der Waals surface area contributed by atoms with Gasteiger partial charge in [-0.25, -0.2) is 4.98 Å². The molecule has 0 spiro atoms. The number of imidazole rings is 1. The number of ether oxygens (including phenoxy) is 1. The molecule has 0 saturated carbocycles. The number of rotatable bonds is 3. The number of halogens is 2. The Morgan fingerprint density at radius 1 is 1.19 bits per heavy atom. The molecule has 3 rings (SSSR count). The summed E-state index contributed by atoms with van der Waals surface area (Å²) in [5.41, 5.74) is 8.65. The minimum atomic E-state index is 0.422. The highest BCUT2D eigenvalue weighted by atomic mass is 35.5. The van der Waals surface area contributed by atoms with Crippen LogP contribution in [0.15, 0.2) is 36.4 Å². The highest BCUT2D eigenvalue weighted by Crippen LogP contribution is 2.29. The van der Waals surface area contributed by atoms with Crippen molar-refractivity contribution >= 4 is 40.2 Å². The zero-order chi connectivity index (χ0) is 15.0. The van der Waals surface area contributed by atoms with Crippen molar-refractivity contribution in [1.82, 2.24) is 9.55 Å². The lowest BCUT2D eigenvalue weighted by Crippen LogP contribution is -2.04. The monoisotopic (exact) mass is 321 g/mol. The molecule has 0 amide bonds. The minimum absolute atomic E-state index is 0.422. The van der Waals surface area contributed by atoms with Crippen LogP contribution in [0.2, 0.25) is 10.0 Å². The van der Waals surface area contributed by atoms with Gasteiger partial charge in [0.15, 0.2) is 0 Å². The van der Waals surface area contributed by atoms with Crippen molar-refractivity contribution in [1.29, 1.82) is 0 Å². The Bertz CT molecular complexity index is 814. The molecule has 0 unspecified atom stereocenters. The lowest BCUT2D eigenvalue weighted by molar-refractivity contribution is 0.414. The first kappa shape index (κ1) is 14.0. The highest BCUT2D eigenvalue weighted by Gasteiger charge is 2.11. The van der Waals surface area contributed by atoms with Crippen LogP contribution in [0.4, 0.5) is 5.95 Å². The summed E-state index contributed by atoms with van der Waals surface area (Å²) in [5.74, 6) is 1.22. The van der Waals surface area contributed by atoms with Gasteiger partial charge in [-0.05, 0) is 29.8 Å². The molecule has 108 valence electrons. The Kier molecular flexibility index (Phi) is 3.66. The SMILES string of the molecule is COc1cccc(Cn2c(N)nc3cc(Cl)c(Cl)cc32)c1. The second-order valence-corrected chi connectivity index (χ2v) is 5.48. The van der Waals surface area contributed by atoms with Gasteiger partial charge in [0.05, 0.1) is 34.7 Å². The first-order valence-electron chi connectivity index (χ1n) is 6.32. The van der Waals surface area contributed by atoms with Crippen LogP contribution in [0.25, 0.3) is 11.0 Å². The summed E-state index contributed by atoms with van der Waals surface area (Å²) in [6.45, 7) is 0.581. The molecule has 21 heavy (non-hydrogen) atoms. The van der Waals surface area contributed by atoms with Crippen LogP contribution in [0, 0.1) is 0 Å². The summed E-state index contributed by atoms with van der Waals surface area (Å²) in [6, 6.07) is 11.3. The first-order valence-corrected chi connectivity index (χ1v) is 7.08. The number of nitrogens with zero attached hydrogens (tertiary/aromatic N) is 2. The fourth-order valence-electron chi connectivity index (χ4n) is 2.26. The fourth-order valence-corrected chi connectivity index (χ4v) is 2.57. The Morgan fingerprint density at radius 3 is 2.71 bits per heavy atom. The van der Waals surface area contributed by atoms with Crippen LogP contribution < -0.4 is 10.5 Å². The van der Waals surface area contributed by atoms with Gasteiger partial charge in [-0.2, -0.15) is 0 Å². The van der Waals surface area contributed by atoms with Gasteiger partial charge in [-0.15, -0.1) is 0 Å². The maximum atomic E-state index is 6.09. The van der Waals surface area contributed by atoms with Crippen LogP contribution in [0.3, 0.4) is 0 Å². The maximum Gasteiger partial charge on any atom is 0.201 e. The molecule has 4 nitrogen and oxygen atoms in total. The van der Waals surface area contributed by atoms with E-state index < -0.39 is 0 Å². The van der Waals surface area contributed by atoms with Crippen molar-refractivity contribution in [3.63, 3.8) is 0 Å². The van der Waals surface area contributed by atoms with Crippen molar-refractivity contribution < 1.29 is 4.74 Å². The minimum Gasteiger partial charge on any atom is -0.497 e. The third kappa shape index (κ3) is 2.64. The lowest BCUT2D eigenvalue weighted by Gasteiger charge is -2.08. The molecule has 2 aromatic carbocycles. The zero-order valence-corrected chi connectivity index (χ0v) is 12.8. The van der Waals surface area contributed by atoms with Gasteiger partial charge in [-0.1, -0.05) is 35.3 Å². The Hall–Kier alpha value is -1.91. The quantitative estimate of drug-likeness (QED) is 0.793. The summed E-state index contributed by atoms with van der Waals surface area (Å²) in [7, 11) is 1.64. The van der Waals surface area contributed by atoms with Gasteiger partial charge >= 0.3 is 0 Å². The van der Waals surface area contributed by atoms with Gasteiger partial charge in [0.1, 0.15) is 5.75 Å². The van der Waals surface area contributed by atoms with Crippen molar-refractivity contribution in [3.8, 4) is 5.75 Å². The molecule has 1 heterocycles. The zero-order valence-electron chi connectivity index (χ0n) is 11.3. The van der Waals surface area contributed by atoms with Gasteiger partial charge in [-0.3, -0.25) is 0 Å². The number of benzene rings is 2. The van der Waals surface area contributed by atoms with Gasteiger partial charge in [0.25, 0.3) is 0 Å². The predicted octanol–water partition coefficient (Wildman–Crippen LogP) is 3.98. The lowest BCUT2D eigenvalue weighted by atomic mass is 10.2. The molecule has 0 bridgehead atoms. The van der Waals surface area contributed by atoms with E-state index in [2.05, 4.69) is 4.98 Å². The van der Waals surface area contributed by atoms with Gasteiger partial charge < -0.3 is 15.0 Å². The topological polar surface area (TPSA) is 53.1 Å². The average molecular weight is 322 g/mol. The fraction of sp³-hybridized carbons (Fsp3) is 0.133. The molecule has 0 saturated heterocycles. The van der Waals surface area contributed by atoms with Crippen LogP contribution in [-0.2, 0) is 6.54 Å². The van der Waals surface area contributed by atoms with E-state index in [9.17, 15) is 0 Å². The molecule has 3 aromatic rings. The van der Waals surface area contributed by atoms with E-state index in [4.69, 9.17) is 33.7 Å². The van der Waals surface area contributed by atoms with Crippen molar-refractivity contribution in [2.45, 2.75) is 6.54 Å². The average Bonchev–Trinajstić information content (AvgIpc) is 2.76. The molecule has 0 aliphatic rings. The van der Waals surface area contributed by atoms with E-state index in [0.717, 1.165) is 22.3 Å². The summed E-state index contributed by atoms with van der Waals surface area (Å²) in [5, 5.41) is 0.950. The summed E-state index contributed by atoms with van der Waals surface area (Å²) in [6.07, 6.45) is 0. The second kappa shape index (κ2) is 5.47.